The minimum absolute atomic E-state index is 0.0719. The van der Waals surface area contributed by atoms with Gasteiger partial charge in [-0.2, -0.15) is 0 Å². The van der Waals surface area contributed by atoms with Crippen molar-refractivity contribution in [2.24, 2.45) is 5.41 Å². The zero-order valence-electron chi connectivity index (χ0n) is 12.9. The fourth-order valence-corrected chi connectivity index (χ4v) is 2.63. The lowest BCUT2D eigenvalue weighted by atomic mass is 9.86. The molecule has 0 unspecified atom stereocenters. The topological polar surface area (TPSA) is 35.5 Å². The summed E-state index contributed by atoms with van der Waals surface area (Å²) in [7, 11) is 0. The monoisotopic (exact) mass is 276 g/mol. The minimum atomic E-state index is -0.706. The van der Waals surface area contributed by atoms with E-state index in [4.69, 9.17) is 9.47 Å². The van der Waals surface area contributed by atoms with Gasteiger partial charge in [0, 0.05) is 16.5 Å². The van der Waals surface area contributed by atoms with Crippen molar-refractivity contribution in [1.29, 1.82) is 0 Å². The van der Waals surface area contributed by atoms with E-state index < -0.39 is 5.79 Å². The van der Waals surface area contributed by atoms with Crippen molar-refractivity contribution in [1.82, 2.24) is 0 Å². The van der Waals surface area contributed by atoms with Gasteiger partial charge in [-0.3, -0.25) is 4.79 Å². The highest BCUT2D eigenvalue weighted by atomic mass is 16.7. The van der Waals surface area contributed by atoms with Gasteiger partial charge in [0.05, 0.1) is 13.2 Å². The first kappa shape index (κ1) is 15.2. The third-order valence-corrected chi connectivity index (χ3v) is 4.06. The van der Waals surface area contributed by atoms with Crippen LogP contribution in [0.1, 0.15) is 56.5 Å². The normalized spacial score (nSPS) is 30.2. The second-order valence-electron chi connectivity index (χ2n) is 6.22. The molecule has 2 rings (SSSR count). The van der Waals surface area contributed by atoms with Crippen LogP contribution in [0, 0.1) is 5.41 Å². The molecule has 0 spiro atoms. The molecule has 1 aliphatic heterocycles. The van der Waals surface area contributed by atoms with E-state index in [0.717, 1.165) is 18.4 Å². The van der Waals surface area contributed by atoms with Crippen molar-refractivity contribution >= 4 is 5.78 Å². The summed E-state index contributed by atoms with van der Waals surface area (Å²) in [6, 6.07) is 7.49. The van der Waals surface area contributed by atoms with Crippen LogP contribution in [-0.4, -0.2) is 19.0 Å². The van der Waals surface area contributed by atoms with E-state index in [0.29, 0.717) is 18.8 Å². The Hall–Kier alpha value is -1.19. The van der Waals surface area contributed by atoms with E-state index in [1.165, 1.54) is 0 Å². The number of rotatable bonds is 4. The van der Waals surface area contributed by atoms with Gasteiger partial charge in [0.2, 0.25) is 0 Å². The first-order chi connectivity index (χ1) is 9.38. The molecule has 0 amide bonds. The molecule has 0 saturated carbocycles. The van der Waals surface area contributed by atoms with Crippen molar-refractivity contribution in [3.63, 3.8) is 0 Å². The molecule has 0 atom stereocenters. The second kappa shape index (κ2) is 5.66. The van der Waals surface area contributed by atoms with Crippen LogP contribution in [0.4, 0.5) is 0 Å². The first-order valence-electron chi connectivity index (χ1n) is 7.28. The number of hydrogen-bond donors (Lipinski definition) is 0. The highest BCUT2D eigenvalue weighted by Gasteiger charge is 2.40. The van der Waals surface area contributed by atoms with Crippen LogP contribution in [-0.2, 0) is 15.3 Å². The number of benzene rings is 1. The molecule has 3 nitrogen and oxygen atoms in total. The van der Waals surface area contributed by atoms with Crippen LogP contribution in [0.25, 0.3) is 0 Å². The summed E-state index contributed by atoms with van der Waals surface area (Å²) in [5.74, 6) is -0.634. The molecule has 1 saturated heterocycles. The second-order valence-corrected chi connectivity index (χ2v) is 6.22. The maximum atomic E-state index is 11.3. The van der Waals surface area contributed by atoms with Crippen molar-refractivity contribution in [3.05, 3.63) is 35.4 Å². The van der Waals surface area contributed by atoms with Gasteiger partial charge in [-0.25, -0.2) is 0 Å². The number of carbonyl (C=O) groups is 1. The summed E-state index contributed by atoms with van der Waals surface area (Å²) in [6.07, 6.45) is 2.24. The van der Waals surface area contributed by atoms with Crippen molar-refractivity contribution < 1.29 is 14.3 Å². The predicted octanol–water partition coefficient (Wildman–Crippen LogP) is 3.92. The van der Waals surface area contributed by atoms with E-state index in [1.54, 1.807) is 6.92 Å². The Balaban J connectivity index is 2.11. The van der Waals surface area contributed by atoms with E-state index in [-0.39, 0.29) is 11.2 Å². The van der Waals surface area contributed by atoms with Gasteiger partial charge in [-0.1, -0.05) is 44.5 Å². The molecule has 0 aliphatic carbocycles. The standard InChI is InChI=1S/C17H24O3/c1-5-10-16(3)11-19-17(4,20-12-16)15-8-6-14(7-9-15)13(2)18/h6-9H,5,10-12H2,1-4H3. The van der Waals surface area contributed by atoms with Gasteiger partial charge in [0.1, 0.15) is 0 Å². The fraction of sp³-hybridized carbons (Fsp3) is 0.588. The van der Waals surface area contributed by atoms with Gasteiger partial charge in [-0.15, -0.1) is 0 Å². The van der Waals surface area contributed by atoms with Crippen LogP contribution in [0.2, 0.25) is 0 Å². The number of hydrogen-bond acceptors (Lipinski definition) is 3. The fourth-order valence-electron chi connectivity index (χ4n) is 2.63. The zero-order chi connectivity index (χ0) is 14.8. The van der Waals surface area contributed by atoms with Crippen molar-refractivity contribution in [2.75, 3.05) is 13.2 Å². The number of Topliss-reactive ketones (excluding diaryl/α,β-unsaturated/α-hetero) is 1. The van der Waals surface area contributed by atoms with Gasteiger partial charge in [0.25, 0.3) is 0 Å². The van der Waals surface area contributed by atoms with E-state index in [1.807, 2.05) is 31.2 Å². The van der Waals surface area contributed by atoms with Gasteiger partial charge in [0.15, 0.2) is 11.6 Å². The Bertz CT molecular complexity index is 468. The smallest absolute Gasteiger partial charge is 0.191 e. The summed E-state index contributed by atoms with van der Waals surface area (Å²) in [5.41, 5.74) is 1.78. The van der Waals surface area contributed by atoms with Crippen LogP contribution < -0.4 is 0 Å². The average molecular weight is 276 g/mol. The molecule has 3 heteroatoms. The highest BCUT2D eigenvalue weighted by Crippen LogP contribution is 2.38. The Morgan fingerprint density at radius 2 is 1.70 bits per heavy atom. The first-order valence-corrected chi connectivity index (χ1v) is 7.28. The third-order valence-electron chi connectivity index (χ3n) is 4.06. The van der Waals surface area contributed by atoms with E-state index in [2.05, 4.69) is 13.8 Å². The average Bonchev–Trinajstić information content (AvgIpc) is 2.43. The number of carbonyl (C=O) groups excluding carboxylic acids is 1. The molecule has 20 heavy (non-hydrogen) atoms. The molecule has 0 aromatic heterocycles. The summed E-state index contributed by atoms with van der Waals surface area (Å²) in [4.78, 5) is 11.3. The summed E-state index contributed by atoms with van der Waals surface area (Å²) in [6.45, 7) is 9.30. The Morgan fingerprint density at radius 1 is 1.15 bits per heavy atom. The molecule has 1 aromatic carbocycles. The van der Waals surface area contributed by atoms with Crippen molar-refractivity contribution in [2.45, 2.75) is 46.3 Å². The molecule has 1 aliphatic rings. The number of ketones is 1. The van der Waals surface area contributed by atoms with Gasteiger partial charge in [-0.05, 0) is 20.3 Å². The molecular formula is C17H24O3. The maximum Gasteiger partial charge on any atom is 0.191 e. The molecule has 1 aromatic rings. The Morgan fingerprint density at radius 3 is 2.15 bits per heavy atom. The third kappa shape index (κ3) is 3.10. The summed E-state index contributed by atoms with van der Waals surface area (Å²) < 4.78 is 12.0. The summed E-state index contributed by atoms with van der Waals surface area (Å²) >= 11 is 0. The maximum absolute atomic E-state index is 11.3. The lowest BCUT2D eigenvalue weighted by Crippen LogP contribution is -2.45. The largest absolute Gasteiger partial charge is 0.345 e. The lowest BCUT2D eigenvalue weighted by molar-refractivity contribution is -0.301. The van der Waals surface area contributed by atoms with E-state index >= 15 is 0 Å². The Kier molecular flexibility index (Phi) is 4.31. The van der Waals surface area contributed by atoms with Crippen LogP contribution in [0.5, 0.6) is 0 Å². The minimum Gasteiger partial charge on any atom is -0.345 e. The van der Waals surface area contributed by atoms with E-state index in [9.17, 15) is 4.79 Å². The quantitative estimate of drug-likeness (QED) is 0.782. The molecule has 1 fully saturated rings. The van der Waals surface area contributed by atoms with Crippen LogP contribution in [0.15, 0.2) is 24.3 Å². The molecular weight excluding hydrogens is 252 g/mol. The lowest BCUT2D eigenvalue weighted by Gasteiger charge is -2.43. The predicted molar refractivity (Wildman–Crippen MR) is 78.7 cm³/mol. The molecule has 0 bridgehead atoms. The zero-order valence-corrected chi connectivity index (χ0v) is 12.9. The molecule has 110 valence electrons. The highest BCUT2D eigenvalue weighted by molar-refractivity contribution is 5.94. The molecule has 0 N–H and O–H groups in total. The molecule has 0 radical (unpaired) electrons. The SMILES string of the molecule is CCCC1(C)COC(C)(c2ccc(C(C)=O)cc2)OC1. The van der Waals surface area contributed by atoms with Crippen LogP contribution in [0.3, 0.4) is 0 Å². The number of ether oxygens (including phenoxy) is 2. The van der Waals surface area contributed by atoms with Crippen LogP contribution >= 0.6 is 0 Å². The van der Waals surface area contributed by atoms with Gasteiger partial charge < -0.3 is 9.47 Å². The van der Waals surface area contributed by atoms with Crippen molar-refractivity contribution in [3.8, 4) is 0 Å². The Labute approximate surface area is 121 Å². The van der Waals surface area contributed by atoms with Gasteiger partial charge >= 0.3 is 0 Å². The molecule has 1 heterocycles. The summed E-state index contributed by atoms with van der Waals surface area (Å²) in [5, 5.41) is 0.